The maximum Gasteiger partial charge on any atom is 0.278 e. The number of imidazole rings is 1. The summed E-state index contributed by atoms with van der Waals surface area (Å²) in [4.78, 5) is 22.0. The first-order chi connectivity index (χ1) is 9.63. The molecule has 1 fully saturated rings. The number of aromatic nitrogens is 4. The second-order valence-electron chi connectivity index (χ2n) is 4.56. The van der Waals surface area contributed by atoms with Crippen molar-refractivity contribution in [1.29, 1.82) is 0 Å². The third kappa shape index (κ3) is 1.91. The van der Waals surface area contributed by atoms with Crippen LogP contribution in [0.25, 0.3) is 11.2 Å². The van der Waals surface area contributed by atoms with Crippen molar-refractivity contribution >= 4 is 11.2 Å². The molecule has 1 saturated heterocycles. The van der Waals surface area contributed by atoms with Gasteiger partial charge in [0.1, 0.15) is 18.3 Å². The third-order valence-electron chi connectivity index (χ3n) is 3.31. The van der Waals surface area contributed by atoms with Crippen LogP contribution in [0.2, 0.25) is 0 Å². The van der Waals surface area contributed by atoms with Gasteiger partial charge in [0.15, 0.2) is 17.4 Å². The Morgan fingerprint density at radius 1 is 1.45 bits per heavy atom. The number of rotatable bonds is 3. The molecule has 0 bridgehead atoms. The summed E-state index contributed by atoms with van der Waals surface area (Å²) in [7, 11) is 1.48. The van der Waals surface area contributed by atoms with E-state index in [1.807, 2.05) is 0 Å². The zero-order chi connectivity index (χ0) is 14.3. The van der Waals surface area contributed by atoms with Crippen LogP contribution in [0.4, 0.5) is 0 Å². The Labute approximate surface area is 112 Å². The smallest absolute Gasteiger partial charge is 0.278 e. The highest BCUT2D eigenvalue weighted by atomic mass is 16.6. The Bertz CT molecular complexity index is 668. The zero-order valence-corrected chi connectivity index (χ0v) is 10.6. The van der Waals surface area contributed by atoms with Crippen LogP contribution in [0.1, 0.15) is 6.23 Å². The van der Waals surface area contributed by atoms with E-state index in [1.54, 1.807) is 0 Å². The fraction of sp³-hybridized carbons (Fsp3) is 0.545. The van der Waals surface area contributed by atoms with Crippen LogP contribution in [0.3, 0.4) is 0 Å². The number of hydrogen-bond acceptors (Lipinski definition) is 7. The molecule has 2 aromatic rings. The Morgan fingerprint density at radius 2 is 2.25 bits per heavy atom. The van der Waals surface area contributed by atoms with Gasteiger partial charge in [0.05, 0.1) is 19.3 Å². The van der Waals surface area contributed by atoms with Crippen molar-refractivity contribution < 1.29 is 19.7 Å². The first-order valence-corrected chi connectivity index (χ1v) is 6.04. The summed E-state index contributed by atoms with van der Waals surface area (Å²) in [5, 5.41) is 20.0. The summed E-state index contributed by atoms with van der Waals surface area (Å²) in [6.45, 7) is 0.148. The zero-order valence-electron chi connectivity index (χ0n) is 10.6. The number of aliphatic hydroxyl groups excluding tert-OH is 2. The Kier molecular flexibility index (Phi) is 3.26. The van der Waals surface area contributed by atoms with E-state index in [9.17, 15) is 15.0 Å². The molecular formula is C11H14N4O5. The summed E-state index contributed by atoms with van der Waals surface area (Å²) in [5.74, 6) is 0. The number of nitrogens with zero attached hydrogens (tertiary/aromatic N) is 3. The molecule has 1 aliphatic rings. The lowest BCUT2D eigenvalue weighted by molar-refractivity contribution is -0.0580. The molecule has 20 heavy (non-hydrogen) atoms. The highest BCUT2D eigenvalue weighted by Crippen LogP contribution is 2.30. The second-order valence-corrected chi connectivity index (χ2v) is 4.56. The maximum atomic E-state index is 11.6. The van der Waals surface area contributed by atoms with E-state index < -0.39 is 24.5 Å². The van der Waals surface area contributed by atoms with Gasteiger partial charge >= 0.3 is 0 Å². The lowest BCUT2D eigenvalue weighted by atomic mass is 10.1. The highest BCUT2D eigenvalue weighted by molar-refractivity contribution is 5.68. The minimum absolute atomic E-state index is 0.146. The standard InChI is InChI=1S/C11H14N4O5/c1-19-2-5-7(16)8(17)11(20-5)15-4-14-6-9(15)12-3-13-10(6)18/h3-5,7-8,11,16-17H,2H2,1H3,(H,12,13,18)/t5-,7+,8-,11-/m0/s1. The van der Waals surface area contributed by atoms with E-state index in [2.05, 4.69) is 15.0 Å². The van der Waals surface area contributed by atoms with E-state index >= 15 is 0 Å². The van der Waals surface area contributed by atoms with Crippen LogP contribution in [0.5, 0.6) is 0 Å². The van der Waals surface area contributed by atoms with Gasteiger partial charge in [0.2, 0.25) is 0 Å². The maximum absolute atomic E-state index is 11.6. The van der Waals surface area contributed by atoms with Crippen LogP contribution in [-0.2, 0) is 9.47 Å². The molecule has 3 N–H and O–H groups in total. The average Bonchev–Trinajstić information content (AvgIpc) is 2.97. The van der Waals surface area contributed by atoms with Crippen molar-refractivity contribution in [1.82, 2.24) is 19.5 Å². The van der Waals surface area contributed by atoms with Gasteiger partial charge in [0, 0.05) is 7.11 Å². The van der Waals surface area contributed by atoms with Gasteiger partial charge in [-0.05, 0) is 0 Å². The fourth-order valence-corrected chi connectivity index (χ4v) is 2.31. The van der Waals surface area contributed by atoms with Crippen LogP contribution in [0.15, 0.2) is 17.4 Å². The quantitative estimate of drug-likeness (QED) is 0.618. The monoisotopic (exact) mass is 282 g/mol. The minimum atomic E-state index is -1.16. The molecule has 9 nitrogen and oxygen atoms in total. The minimum Gasteiger partial charge on any atom is -0.387 e. The number of methoxy groups -OCH3 is 1. The van der Waals surface area contributed by atoms with Gasteiger partial charge in [0.25, 0.3) is 5.56 Å². The topological polar surface area (TPSA) is 122 Å². The second kappa shape index (κ2) is 4.94. The molecule has 3 heterocycles. The van der Waals surface area contributed by atoms with Gasteiger partial charge in [-0.15, -0.1) is 0 Å². The van der Waals surface area contributed by atoms with Crippen molar-refractivity contribution in [3.8, 4) is 0 Å². The largest absolute Gasteiger partial charge is 0.387 e. The van der Waals surface area contributed by atoms with Crippen molar-refractivity contribution in [2.24, 2.45) is 0 Å². The number of ether oxygens (including phenoxy) is 2. The summed E-state index contributed by atoms with van der Waals surface area (Å²) in [5.41, 5.74) is 0.0475. The van der Waals surface area contributed by atoms with Gasteiger partial charge < -0.3 is 24.7 Å². The molecule has 0 saturated carbocycles. The molecule has 0 unspecified atom stereocenters. The Hall–Kier alpha value is -1.81. The first-order valence-electron chi connectivity index (χ1n) is 6.04. The average molecular weight is 282 g/mol. The molecule has 108 valence electrons. The SMILES string of the molecule is COC[C@@H]1O[C@H](n2cnc3c(=O)[nH]cnc32)[C@@H](O)[C@@H]1O. The molecule has 9 heteroatoms. The van der Waals surface area contributed by atoms with Crippen molar-refractivity contribution in [2.75, 3.05) is 13.7 Å². The number of hydrogen-bond donors (Lipinski definition) is 3. The molecule has 3 rings (SSSR count). The van der Waals surface area contributed by atoms with Gasteiger partial charge in [-0.25, -0.2) is 9.97 Å². The number of aliphatic hydroxyl groups is 2. The predicted octanol–water partition coefficient (Wildman–Crippen LogP) is -1.61. The van der Waals surface area contributed by atoms with E-state index in [0.29, 0.717) is 0 Å². The molecule has 0 aromatic carbocycles. The van der Waals surface area contributed by atoms with Crippen LogP contribution < -0.4 is 5.56 Å². The van der Waals surface area contributed by atoms with Crippen molar-refractivity contribution in [2.45, 2.75) is 24.5 Å². The Balaban J connectivity index is 1.99. The molecule has 2 aromatic heterocycles. The Morgan fingerprint density at radius 3 is 3.00 bits per heavy atom. The van der Waals surface area contributed by atoms with E-state index in [-0.39, 0.29) is 23.3 Å². The number of aromatic amines is 1. The van der Waals surface area contributed by atoms with Gasteiger partial charge in [-0.2, -0.15) is 0 Å². The van der Waals surface area contributed by atoms with E-state index in [0.717, 1.165) is 0 Å². The normalized spacial score (nSPS) is 30.1. The predicted molar refractivity (Wildman–Crippen MR) is 65.9 cm³/mol. The van der Waals surface area contributed by atoms with Gasteiger partial charge in [-0.3, -0.25) is 9.36 Å². The molecular weight excluding hydrogens is 268 g/mol. The number of H-pyrrole nitrogens is 1. The molecule has 0 radical (unpaired) electrons. The number of fused-ring (bicyclic) bond motifs is 1. The van der Waals surface area contributed by atoms with E-state index in [1.165, 1.54) is 24.3 Å². The molecule has 0 aliphatic carbocycles. The highest BCUT2D eigenvalue weighted by Gasteiger charge is 2.44. The lowest BCUT2D eigenvalue weighted by Gasteiger charge is -2.16. The van der Waals surface area contributed by atoms with Gasteiger partial charge in [-0.1, -0.05) is 0 Å². The summed E-state index contributed by atoms with van der Waals surface area (Å²) in [6.07, 6.45) is -1.17. The fourth-order valence-electron chi connectivity index (χ4n) is 2.31. The first kappa shape index (κ1) is 13.2. The molecule has 1 aliphatic heterocycles. The molecule has 0 spiro atoms. The summed E-state index contributed by atoms with van der Waals surface area (Å²) < 4.78 is 11.9. The van der Waals surface area contributed by atoms with Crippen LogP contribution in [0, 0.1) is 0 Å². The lowest BCUT2D eigenvalue weighted by Crippen LogP contribution is -2.33. The summed E-state index contributed by atoms with van der Waals surface area (Å²) in [6, 6.07) is 0. The summed E-state index contributed by atoms with van der Waals surface area (Å²) >= 11 is 0. The van der Waals surface area contributed by atoms with E-state index in [4.69, 9.17) is 9.47 Å². The number of nitrogens with one attached hydrogen (secondary N) is 1. The third-order valence-corrected chi connectivity index (χ3v) is 3.31. The van der Waals surface area contributed by atoms with Crippen molar-refractivity contribution in [3.63, 3.8) is 0 Å². The van der Waals surface area contributed by atoms with Crippen LogP contribution >= 0.6 is 0 Å². The van der Waals surface area contributed by atoms with Crippen LogP contribution in [-0.4, -0.2) is 61.8 Å². The molecule has 0 amide bonds. The van der Waals surface area contributed by atoms with Crippen molar-refractivity contribution in [3.05, 3.63) is 23.0 Å². The molecule has 4 atom stereocenters.